The number of hydrogen-bond donors (Lipinski definition) is 1. The Balaban J connectivity index is 1.26. The molecule has 5 rings (SSSR count). The minimum absolute atomic E-state index is 0.123. The van der Waals surface area contributed by atoms with Crippen LogP contribution in [0.25, 0.3) is 10.9 Å². The highest BCUT2D eigenvalue weighted by Crippen LogP contribution is 2.34. The number of carbonyl (C=O) groups excluding carboxylic acids is 3. The Morgan fingerprint density at radius 1 is 1.21 bits per heavy atom. The first-order valence-corrected chi connectivity index (χ1v) is 12.7. The number of methoxy groups -OCH3 is 1. The van der Waals surface area contributed by atoms with Crippen LogP contribution in [-0.2, 0) is 9.59 Å². The molecule has 2 aromatic carbocycles. The molecule has 1 aliphatic heterocycles. The maximum atomic E-state index is 13.3. The summed E-state index contributed by atoms with van der Waals surface area (Å²) < 4.78 is 7.46. The molecule has 2 atom stereocenters. The van der Waals surface area contributed by atoms with Crippen molar-refractivity contribution in [3.8, 4) is 11.8 Å². The zero-order valence-corrected chi connectivity index (χ0v) is 21.5. The Kier molecular flexibility index (Phi) is 7.01. The number of nitrogens with one attached hydrogen (secondary N) is 1. The molecule has 10 nitrogen and oxygen atoms in total. The number of aromatic nitrogens is 2. The van der Waals surface area contributed by atoms with Crippen LogP contribution in [0.2, 0.25) is 0 Å². The topological polar surface area (TPSA) is 121 Å². The molecule has 38 heavy (non-hydrogen) atoms. The molecule has 3 aromatic rings. The third kappa shape index (κ3) is 4.92. The fraction of sp³-hybridized carbons (Fsp3) is 0.393. The predicted octanol–water partition coefficient (Wildman–Crippen LogP) is 3.22. The van der Waals surface area contributed by atoms with Gasteiger partial charge >= 0.3 is 0 Å². The van der Waals surface area contributed by atoms with Crippen molar-refractivity contribution >= 4 is 34.3 Å². The van der Waals surface area contributed by atoms with Crippen LogP contribution >= 0.6 is 0 Å². The lowest BCUT2D eigenvalue weighted by molar-refractivity contribution is -0.131. The van der Waals surface area contributed by atoms with Crippen molar-refractivity contribution in [2.24, 2.45) is 5.92 Å². The summed E-state index contributed by atoms with van der Waals surface area (Å²) in [5.74, 6) is -0.975. The van der Waals surface area contributed by atoms with E-state index in [2.05, 4.69) is 16.5 Å². The molecular formula is C28H30N6O4. The van der Waals surface area contributed by atoms with Crippen molar-refractivity contribution in [3.63, 3.8) is 0 Å². The van der Waals surface area contributed by atoms with E-state index in [1.54, 1.807) is 38.4 Å². The average molecular weight is 515 g/mol. The molecular weight excluding hydrogens is 484 g/mol. The molecule has 1 aromatic heterocycles. The first-order chi connectivity index (χ1) is 18.4. The van der Waals surface area contributed by atoms with Gasteiger partial charge in [-0.3, -0.25) is 19.1 Å². The Hall–Kier alpha value is -4.39. The van der Waals surface area contributed by atoms with Gasteiger partial charge in [0, 0.05) is 36.4 Å². The third-order valence-electron chi connectivity index (χ3n) is 7.41. The maximum absolute atomic E-state index is 13.3. The SMILES string of the molecule is COc1cc(C(=O)N(C)CC(=O)N2CC(C(=O)Nc3ccccc3)CC2C#N)cc2cn(C3CCC3)nc12. The second-order valence-electron chi connectivity index (χ2n) is 9.95. The largest absolute Gasteiger partial charge is 0.494 e. The van der Waals surface area contributed by atoms with Gasteiger partial charge in [0.2, 0.25) is 11.8 Å². The molecule has 1 saturated heterocycles. The van der Waals surface area contributed by atoms with Gasteiger partial charge in [-0.2, -0.15) is 10.4 Å². The van der Waals surface area contributed by atoms with Crippen molar-refractivity contribution in [2.75, 3.05) is 32.6 Å². The highest BCUT2D eigenvalue weighted by atomic mass is 16.5. The van der Waals surface area contributed by atoms with E-state index in [4.69, 9.17) is 4.74 Å². The van der Waals surface area contributed by atoms with Crippen LogP contribution in [0.1, 0.15) is 42.1 Å². The fourth-order valence-electron chi connectivity index (χ4n) is 5.01. The number of likely N-dealkylation sites (tertiary alicyclic amines) is 1. The van der Waals surface area contributed by atoms with Crippen LogP contribution in [0.4, 0.5) is 5.69 Å². The van der Waals surface area contributed by atoms with E-state index in [-0.39, 0.29) is 37.2 Å². The molecule has 1 N–H and O–H groups in total. The maximum Gasteiger partial charge on any atom is 0.254 e. The van der Waals surface area contributed by atoms with E-state index >= 15 is 0 Å². The number of amides is 3. The second kappa shape index (κ2) is 10.5. The summed E-state index contributed by atoms with van der Waals surface area (Å²) in [7, 11) is 3.09. The third-order valence-corrected chi connectivity index (χ3v) is 7.41. The Labute approximate surface area is 220 Å². The minimum Gasteiger partial charge on any atom is -0.494 e. The van der Waals surface area contributed by atoms with Gasteiger partial charge in [0.25, 0.3) is 5.91 Å². The van der Waals surface area contributed by atoms with E-state index in [1.165, 1.54) is 16.2 Å². The Morgan fingerprint density at radius 2 is 1.97 bits per heavy atom. The lowest BCUT2D eigenvalue weighted by atomic mass is 9.93. The Bertz CT molecular complexity index is 1410. The van der Waals surface area contributed by atoms with Gasteiger partial charge in [0.05, 0.1) is 31.7 Å². The molecule has 10 heteroatoms. The van der Waals surface area contributed by atoms with Crippen LogP contribution in [0.15, 0.2) is 48.7 Å². The smallest absolute Gasteiger partial charge is 0.254 e. The number of nitriles is 1. The summed E-state index contributed by atoms with van der Waals surface area (Å²) in [6.07, 6.45) is 5.54. The molecule has 3 amide bonds. The fourth-order valence-corrected chi connectivity index (χ4v) is 5.01. The van der Waals surface area contributed by atoms with E-state index in [9.17, 15) is 19.6 Å². The van der Waals surface area contributed by atoms with Gasteiger partial charge in [-0.25, -0.2) is 0 Å². The zero-order valence-electron chi connectivity index (χ0n) is 21.5. The van der Waals surface area contributed by atoms with Crippen molar-refractivity contribution < 1.29 is 19.1 Å². The van der Waals surface area contributed by atoms with Crippen molar-refractivity contribution in [1.82, 2.24) is 19.6 Å². The molecule has 2 fully saturated rings. The summed E-state index contributed by atoms with van der Waals surface area (Å²) >= 11 is 0. The van der Waals surface area contributed by atoms with Crippen LogP contribution in [0.3, 0.4) is 0 Å². The number of anilines is 1. The number of carbonyl (C=O) groups is 3. The number of ether oxygens (including phenoxy) is 1. The molecule has 2 heterocycles. The molecule has 1 saturated carbocycles. The number of para-hydroxylation sites is 1. The minimum atomic E-state index is -0.730. The standard InChI is InChI=1S/C28H30N6O4/c1-32(28(37)18-11-19-16-34(22-9-6-10-22)31-26(19)24(13-18)38-2)17-25(35)33-15-20(12-23(33)14-29)27(36)30-21-7-4-3-5-8-21/h3-5,7-8,11,13,16,20,22-23H,6,9-10,12,15,17H2,1-2H3,(H,30,36). The first-order valence-electron chi connectivity index (χ1n) is 12.7. The second-order valence-corrected chi connectivity index (χ2v) is 9.95. The van der Waals surface area contributed by atoms with Crippen LogP contribution in [0.5, 0.6) is 5.75 Å². The summed E-state index contributed by atoms with van der Waals surface area (Å²) in [6, 6.07) is 14.2. The van der Waals surface area contributed by atoms with Crippen molar-refractivity contribution in [1.29, 1.82) is 5.26 Å². The van der Waals surface area contributed by atoms with Gasteiger partial charge in [-0.15, -0.1) is 0 Å². The summed E-state index contributed by atoms with van der Waals surface area (Å²) in [5.41, 5.74) is 1.74. The van der Waals surface area contributed by atoms with E-state index < -0.39 is 12.0 Å². The quantitative estimate of drug-likeness (QED) is 0.517. The summed E-state index contributed by atoms with van der Waals surface area (Å²) in [5, 5.41) is 17.9. The van der Waals surface area contributed by atoms with Crippen LogP contribution < -0.4 is 10.1 Å². The van der Waals surface area contributed by atoms with Crippen LogP contribution in [0, 0.1) is 17.2 Å². The molecule has 1 aliphatic carbocycles. The average Bonchev–Trinajstić information content (AvgIpc) is 3.51. The molecule has 2 aliphatic rings. The van der Waals surface area contributed by atoms with E-state index in [1.807, 2.05) is 29.1 Å². The molecule has 0 bridgehead atoms. The Morgan fingerprint density at radius 3 is 2.63 bits per heavy atom. The van der Waals surface area contributed by atoms with E-state index in [0.29, 0.717) is 28.6 Å². The van der Waals surface area contributed by atoms with Crippen molar-refractivity contribution in [2.45, 2.75) is 37.8 Å². The number of likely N-dealkylation sites (N-methyl/N-ethyl adjacent to an activating group) is 1. The van der Waals surface area contributed by atoms with E-state index in [0.717, 1.165) is 18.2 Å². The first kappa shape index (κ1) is 25.3. The van der Waals surface area contributed by atoms with Gasteiger partial charge in [0.15, 0.2) is 0 Å². The summed E-state index contributed by atoms with van der Waals surface area (Å²) in [6.45, 7) is -0.0936. The number of nitrogens with zero attached hydrogens (tertiary/aromatic N) is 5. The lowest BCUT2D eigenvalue weighted by Crippen LogP contribution is -2.43. The van der Waals surface area contributed by atoms with Gasteiger partial charge in [-0.1, -0.05) is 18.2 Å². The zero-order chi connectivity index (χ0) is 26.8. The van der Waals surface area contributed by atoms with Crippen LogP contribution in [-0.4, -0.2) is 70.6 Å². The van der Waals surface area contributed by atoms with Crippen molar-refractivity contribution in [3.05, 3.63) is 54.2 Å². The number of benzene rings is 2. The number of hydrogen-bond acceptors (Lipinski definition) is 6. The number of rotatable bonds is 7. The van der Waals surface area contributed by atoms with Gasteiger partial charge in [-0.05, 0) is 49.9 Å². The predicted molar refractivity (Wildman–Crippen MR) is 140 cm³/mol. The highest BCUT2D eigenvalue weighted by molar-refractivity contribution is 6.01. The molecule has 0 radical (unpaired) electrons. The monoisotopic (exact) mass is 514 g/mol. The van der Waals surface area contributed by atoms with Gasteiger partial charge in [0.1, 0.15) is 17.3 Å². The molecule has 196 valence electrons. The normalized spacial score (nSPS) is 19.0. The molecule has 2 unspecified atom stereocenters. The van der Waals surface area contributed by atoms with Gasteiger partial charge < -0.3 is 19.9 Å². The number of fused-ring (bicyclic) bond motifs is 1. The summed E-state index contributed by atoms with van der Waals surface area (Å²) in [4.78, 5) is 41.9. The molecule has 0 spiro atoms. The lowest BCUT2D eigenvalue weighted by Gasteiger charge is -2.25. The highest BCUT2D eigenvalue weighted by Gasteiger charge is 2.39.